The van der Waals surface area contributed by atoms with Crippen molar-refractivity contribution >= 4 is 11.6 Å². The highest BCUT2D eigenvalue weighted by atomic mass is 35.5. The van der Waals surface area contributed by atoms with E-state index in [0.717, 1.165) is 11.3 Å². The lowest BCUT2D eigenvalue weighted by molar-refractivity contribution is 0.363. The first kappa shape index (κ1) is 10.6. The van der Waals surface area contributed by atoms with Gasteiger partial charge in [0.15, 0.2) is 0 Å². The number of nitrogens with zero attached hydrogens (tertiary/aromatic N) is 1. The summed E-state index contributed by atoms with van der Waals surface area (Å²) in [5.41, 5.74) is 2.41. The summed E-state index contributed by atoms with van der Waals surface area (Å²) >= 11 is 5.34. The molecule has 0 saturated carbocycles. The van der Waals surface area contributed by atoms with Crippen molar-refractivity contribution in [3.05, 3.63) is 41.4 Å². The lowest BCUT2D eigenvalue weighted by Gasteiger charge is -2.02. The van der Waals surface area contributed by atoms with Crippen molar-refractivity contribution in [2.45, 2.75) is 6.42 Å². The predicted molar refractivity (Wildman–Crippen MR) is 56.2 cm³/mol. The first-order valence-corrected chi connectivity index (χ1v) is 4.64. The second-order valence-corrected chi connectivity index (χ2v) is 2.90. The van der Waals surface area contributed by atoms with Gasteiger partial charge in [0.1, 0.15) is 12.4 Å². The van der Waals surface area contributed by atoms with Gasteiger partial charge < -0.3 is 4.74 Å². The molecule has 0 atom stereocenters. The van der Waals surface area contributed by atoms with E-state index < -0.39 is 0 Å². The number of hydrogen-bond donors (Lipinski definition) is 0. The van der Waals surface area contributed by atoms with Crippen LogP contribution in [0.4, 0.5) is 0 Å². The van der Waals surface area contributed by atoms with Crippen molar-refractivity contribution in [3.63, 3.8) is 0 Å². The van der Waals surface area contributed by atoms with E-state index >= 15 is 0 Å². The third-order valence-electron chi connectivity index (χ3n) is 1.64. The molecule has 1 aromatic carbocycles. The normalized spacial score (nSPS) is 10.0. The highest BCUT2D eigenvalue weighted by molar-refractivity contribution is 6.25. The van der Waals surface area contributed by atoms with Gasteiger partial charge in [-0.25, -0.2) is 0 Å². The summed E-state index contributed by atoms with van der Waals surface area (Å²) in [6.07, 6.45) is 2.15. The molecule has 72 valence electrons. The van der Waals surface area contributed by atoms with Gasteiger partial charge in [0.25, 0.3) is 0 Å². The molecule has 0 amide bonds. The Bertz CT molecular complexity index is 337. The van der Waals surface area contributed by atoms with Gasteiger partial charge in [0, 0.05) is 5.54 Å². The molecule has 0 fully saturated rings. The SMILES string of the molecule is N#CCc1ccc(OC/C=C/Cl)cc1. The molecule has 0 unspecified atom stereocenters. The molecule has 0 aromatic heterocycles. The van der Waals surface area contributed by atoms with E-state index in [9.17, 15) is 0 Å². The average Bonchev–Trinajstić information content (AvgIpc) is 2.21. The van der Waals surface area contributed by atoms with Crippen molar-refractivity contribution in [1.29, 1.82) is 5.26 Å². The molecule has 3 heteroatoms. The van der Waals surface area contributed by atoms with Crippen LogP contribution in [-0.4, -0.2) is 6.61 Å². The molecule has 0 saturated heterocycles. The van der Waals surface area contributed by atoms with Gasteiger partial charge in [0.05, 0.1) is 12.5 Å². The van der Waals surface area contributed by atoms with E-state index in [-0.39, 0.29) is 0 Å². The fourth-order valence-corrected chi connectivity index (χ4v) is 1.05. The molecular formula is C11H10ClNO. The molecule has 0 aliphatic carbocycles. The molecular weight excluding hydrogens is 198 g/mol. The zero-order valence-electron chi connectivity index (χ0n) is 7.61. The third kappa shape index (κ3) is 3.51. The molecule has 0 aliphatic heterocycles. The summed E-state index contributed by atoms with van der Waals surface area (Å²) in [4.78, 5) is 0. The Hall–Kier alpha value is -1.46. The molecule has 1 rings (SSSR count). The Morgan fingerprint density at radius 1 is 1.36 bits per heavy atom. The van der Waals surface area contributed by atoms with Gasteiger partial charge in [0.2, 0.25) is 0 Å². The maximum atomic E-state index is 8.46. The predicted octanol–water partition coefficient (Wildman–Crippen LogP) is 2.88. The van der Waals surface area contributed by atoms with Crippen LogP contribution in [0.3, 0.4) is 0 Å². The van der Waals surface area contributed by atoms with Crippen molar-refractivity contribution in [2.75, 3.05) is 6.61 Å². The number of rotatable bonds is 4. The summed E-state index contributed by atoms with van der Waals surface area (Å²) in [6, 6.07) is 9.53. The second-order valence-electron chi connectivity index (χ2n) is 2.65. The fraction of sp³-hybridized carbons (Fsp3) is 0.182. The topological polar surface area (TPSA) is 33.0 Å². The molecule has 14 heavy (non-hydrogen) atoms. The summed E-state index contributed by atoms with van der Waals surface area (Å²) in [5.74, 6) is 0.779. The van der Waals surface area contributed by atoms with Crippen LogP contribution >= 0.6 is 11.6 Å². The largest absolute Gasteiger partial charge is 0.490 e. The van der Waals surface area contributed by atoms with Crippen molar-refractivity contribution in [2.24, 2.45) is 0 Å². The van der Waals surface area contributed by atoms with Crippen LogP contribution in [0.15, 0.2) is 35.9 Å². The van der Waals surface area contributed by atoms with Crippen molar-refractivity contribution in [1.82, 2.24) is 0 Å². The van der Waals surface area contributed by atoms with E-state index in [1.807, 2.05) is 24.3 Å². The molecule has 0 bridgehead atoms. The molecule has 0 spiro atoms. The number of benzene rings is 1. The van der Waals surface area contributed by atoms with E-state index in [4.69, 9.17) is 21.6 Å². The zero-order chi connectivity index (χ0) is 10.2. The van der Waals surface area contributed by atoms with Crippen LogP contribution in [-0.2, 0) is 6.42 Å². The molecule has 1 aromatic rings. The summed E-state index contributed by atoms with van der Waals surface area (Å²) in [5, 5.41) is 8.46. The van der Waals surface area contributed by atoms with E-state index in [1.165, 1.54) is 5.54 Å². The molecule has 0 heterocycles. The standard InChI is InChI=1S/C11H10ClNO/c12-7-1-9-14-11-4-2-10(3-5-11)6-8-13/h1-5,7H,6,9H2/b7-1+. The number of ether oxygens (including phenoxy) is 1. The van der Waals surface area contributed by atoms with Gasteiger partial charge in [-0.3, -0.25) is 0 Å². The molecule has 0 aliphatic rings. The van der Waals surface area contributed by atoms with E-state index in [2.05, 4.69) is 6.07 Å². The Morgan fingerprint density at radius 2 is 2.07 bits per heavy atom. The second kappa shape index (κ2) is 6.06. The number of halogens is 1. The Labute approximate surface area is 88.4 Å². The minimum Gasteiger partial charge on any atom is -0.490 e. The number of nitriles is 1. The van der Waals surface area contributed by atoms with Gasteiger partial charge in [-0.15, -0.1) is 0 Å². The Balaban J connectivity index is 2.51. The van der Waals surface area contributed by atoms with Crippen LogP contribution in [0.2, 0.25) is 0 Å². The van der Waals surface area contributed by atoms with Crippen molar-refractivity contribution in [3.8, 4) is 11.8 Å². The monoisotopic (exact) mass is 207 g/mol. The molecule has 0 N–H and O–H groups in total. The Kier molecular flexibility index (Phi) is 4.60. The van der Waals surface area contributed by atoms with Crippen LogP contribution in [0.1, 0.15) is 5.56 Å². The van der Waals surface area contributed by atoms with Gasteiger partial charge in [-0.05, 0) is 23.8 Å². The van der Waals surface area contributed by atoms with Gasteiger partial charge in [-0.1, -0.05) is 23.7 Å². The maximum absolute atomic E-state index is 8.46. The lowest BCUT2D eigenvalue weighted by Crippen LogP contribution is -1.92. The van der Waals surface area contributed by atoms with E-state index in [1.54, 1.807) is 6.08 Å². The molecule has 0 radical (unpaired) electrons. The van der Waals surface area contributed by atoms with Crippen LogP contribution in [0.25, 0.3) is 0 Å². The van der Waals surface area contributed by atoms with Crippen LogP contribution < -0.4 is 4.74 Å². The summed E-state index contributed by atoms with van der Waals surface area (Å²) < 4.78 is 5.33. The third-order valence-corrected chi connectivity index (χ3v) is 1.82. The minimum absolute atomic E-state index is 0.432. The zero-order valence-corrected chi connectivity index (χ0v) is 8.37. The Morgan fingerprint density at radius 3 is 2.64 bits per heavy atom. The maximum Gasteiger partial charge on any atom is 0.119 e. The smallest absolute Gasteiger partial charge is 0.119 e. The van der Waals surface area contributed by atoms with Gasteiger partial charge >= 0.3 is 0 Å². The van der Waals surface area contributed by atoms with Crippen LogP contribution in [0.5, 0.6) is 5.75 Å². The highest BCUT2D eigenvalue weighted by Crippen LogP contribution is 2.12. The first-order chi connectivity index (χ1) is 6.86. The average molecular weight is 208 g/mol. The summed E-state index contributed by atoms with van der Waals surface area (Å²) in [6.45, 7) is 0.459. The van der Waals surface area contributed by atoms with Gasteiger partial charge in [-0.2, -0.15) is 5.26 Å². The fourth-order valence-electron chi connectivity index (χ4n) is 0.976. The number of hydrogen-bond acceptors (Lipinski definition) is 2. The highest BCUT2D eigenvalue weighted by Gasteiger charge is 1.93. The minimum atomic E-state index is 0.432. The van der Waals surface area contributed by atoms with Crippen LogP contribution in [0, 0.1) is 11.3 Å². The summed E-state index contributed by atoms with van der Waals surface area (Å²) in [7, 11) is 0. The first-order valence-electron chi connectivity index (χ1n) is 4.20. The quantitative estimate of drug-likeness (QED) is 0.761. The van der Waals surface area contributed by atoms with Crippen molar-refractivity contribution < 1.29 is 4.74 Å². The van der Waals surface area contributed by atoms with E-state index in [0.29, 0.717) is 13.0 Å². The molecule has 2 nitrogen and oxygen atoms in total. The lowest BCUT2D eigenvalue weighted by atomic mass is 10.2.